The van der Waals surface area contributed by atoms with E-state index >= 15 is 0 Å². The van der Waals surface area contributed by atoms with Crippen LogP contribution in [0.2, 0.25) is 0 Å². The SMILES string of the molecule is CCCOc1cc(OCCC)c2c(c1N)C(=O)c1cccc(OC(C)C3CCCN3)c1-2. The third kappa shape index (κ3) is 3.97. The molecule has 3 N–H and O–H groups in total. The lowest BCUT2D eigenvalue weighted by Gasteiger charge is -2.23. The van der Waals surface area contributed by atoms with Gasteiger partial charge in [0.05, 0.1) is 24.5 Å². The number of hydrogen-bond donors (Lipinski definition) is 2. The van der Waals surface area contributed by atoms with Crippen LogP contribution in [0.1, 0.15) is 62.4 Å². The average Bonchev–Trinajstić information content (AvgIpc) is 3.41. The maximum absolute atomic E-state index is 13.4. The molecule has 6 nitrogen and oxygen atoms in total. The number of rotatable bonds is 9. The van der Waals surface area contributed by atoms with E-state index in [9.17, 15) is 4.79 Å². The van der Waals surface area contributed by atoms with Gasteiger partial charge in [0.1, 0.15) is 23.4 Å². The normalized spacial score (nSPS) is 17.9. The smallest absolute Gasteiger partial charge is 0.196 e. The van der Waals surface area contributed by atoms with Gasteiger partial charge in [0.25, 0.3) is 0 Å². The van der Waals surface area contributed by atoms with Gasteiger partial charge in [-0.15, -0.1) is 0 Å². The lowest BCUT2D eigenvalue weighted by Crippen LogP contribution is -2.36. The summed E-state index contributed by atoms with van der Waals surface area (Å²) in [6, 6.07) is 7.75. The fourth-order valence-electron chi connectivity index (χ4n) is 4.40. The number of fused-ring (bicyclic) bond motifs is 3. The summed E-state index contributed by atoms with van der Waals surface area (Å²) >= 11 is 0. The molecular formula is C25H32N2O4. The molecule has 0 saturated carbocycles. The van der Waals surface area contributed by atoms with Crippen molar-refractivity contribution in [2.24, 2.45) is 0 Å². The van der Waals surface area contributed by atoms with Gasteiger partial charge in [-0.3, -0.25) is 4.79 Å². The third-order valence-electron chi connectivity index (χ3n) is 5.94. The van der Waals surface area contributed by atoms with Crippen molar-refractivity contribution in [2.45, 2.75) is 58.6 Å². The molecule has 166 valence electrons. The van der Waals surface area contributed by atoms with Crippen molar-refractivity contribution in [1.29, 1.82) is 0 Å². The first-order valence-electron chi connectivity index (χ1n) is 11.4. The van der Waals surface area contributed by atoms with Gasteiger partial charge in [-0.05, 0) is 45.2 Å². The molecule has 2 aromatic rings. The molecule has 0 radical (unpaired) electrons. The van der Waals surface area contributed by atoms with E-state index in [1.54, 1.807) is 0 Å². The number of nitrogens with one attached hydrogen (secondary N) is 1. The van der Waals surface area contributed by atoms with Crippen LogP contribution in [-0.4, -0.2) is 37.7 Å². The van der Waals surface area contributed by atoms with Crippen molar-refractivity contribution in [3.63, 3.8) is 0 Å². The summed E-state index contributed by atoms with van der Waals surface area (Å²) < 4.78 is 18.3. The van der Waals surface area contributed by atoms with Gasteiger partial charge in [-0.25, -0.2) is 0 Å². The van der Waals surface area contributed by atoms with Crippen LogP contribution >= 0.6 is 0 Å². The zero-order valence-corrected chi connectivity index (χ0v) is 18.6. The molecule has 0 aromatic heterocycles. The Morgan fingerprint density at radius 1 is 1.06 bits per heavy atom. The Labute approximate surface area is 184 Å². The van der Waals surface area contributed by atoms with Crippen LogP contribution in [0, 0.1) is 0 Å². The zero-order valence-electron chi connectivity index (χ0n) is 18.6. The molecule has 6 heteroatoms. The summed E-state index contributed by atoms with van der Waals surface area (Å²) in [6.07, 6.45) is 3.92. The van der Waals surface area contributed by atoms with Gasteiger partial charge in [0.2, 0.25) is 0 Å². The highest BCUT2D eigenvalue weighted by Gasteiger charge is 2.37. The molecule has 2 atom stereocenters. The lowest BCUT2D eigenvalue weighted by molar-refractivity contribution is 0.104. The topological polar surface area (TPSA) is 82.8 Å². The highest BCUT2D eigenvalue weighted by Crippen LogP contribution is 2.52. The van der Waals surface area contributed by atoms with Gasteiger partial charge >= 0.3 is 0 Å². The second kappa shape index (κ2) is 9.18. The summed E-state index contributed by atoms with van der Waals surface area (Å²) in [7, 11) is 0. The van der Waals surface area contributed by atoms with Gasteiger partial charge in [-0.1, -0.05) is 26.0 Å². The Bertz CT molecular complexity index is 966. The van der Waals surface area contributed by atoms with E-state index in [0.717, 1.165) is 43.4 Å². The first-order valence-corrected chi connectivity index (χ1v) is 11.4. The van der Waals surface area contributed by atoms with Crippen LogP contribution in [0.4, 0.5) is 5.69 Å². The van der Waals surface area contributed by atoms with E-state index in [-0.39, 0.29) is 11.9 Å². The van der Waals surface area contributed by atoms with Crippen LogP contribution in [0.3, 0.4) is 0 Å². The Balaban J connectivity index is 1.81. The summed E-state index contributed by atoms with van der Waals surface area (Å²) in [5.74, 6) is 1.70. The van der Waals surface area contributed by atoms with Crippen molar-refractivity contribution in [1.82, 2.24) is 5.32 Å². The maximum Gasteiger partial charge on any atom is 0.196 e. The van der Waals surface area contributed by atoms with E-state index in [1.807, 2.05) is 31.2 Å². The third-order valence-corrected chi connectivity index (χ3v) is 5.94. The van der Waals surface area contributed by atoms with E-state index in [1.165, 1.54) is 0 Å². The molecule has 0 spiro atoms. The predicted octanol–water partition coefficient (Wildman–Crippen LogP) is 4.58. The van der Waals surface area contributed by atoms with E-state index < -0.39 is 0 Å². The van der Waals surface area contributed by atoms with Crippen molar-refractivity contribution in [3.8, 4) is 28.4 Å². The number of hydrogen-bond acceptors (Lipinski definition) is 6. The molecule has 4 rings (SSSR count). The van der Waals surface area contributed by atoms with Crippen molar-refractivity contribution < 1.29 is 19.0 Å². The molecule has 1 saturated heterocycles. The highest BCUT2D eigenvalue weighted by molar-refractivity contribution is 6.26. The molecule has 0 amide bonds. The summed E-state index contributed by atoms with van der Waals surface area (Å²) in [5, 5.41) is 3.49. The number of anilines is 1. The van der Waals surface area contributed by atoms with Crippen molar-refractivity contribution >= 4 is 11.5 Å². The molecule has 0 bridgehead atoms. The molecule has 1 fully saturated rings. The van der Waals surface area contributed by atoms with Crippen LogP contribution in [0.15, 0.2) is 24.3 Å². The lowest BCUT2D eigenvalue weighted by atomic mass is 10.0. The first-order chi connectivity index (χ1) is 15.1. The number of nitrogens with two attached hydrogens (primary N) is 1. The van der Waals surface area contributed by atoms with Gasteiger partial charge < -0.3 is 25.3 Å². The molecule has 1 aliphatic heterocycles. The Morgan fingerprint density at radius 2 is 1.81 bits per heavy atom. The first kappa shape index (κ1) is 21.5. The number of carbonyl (C=O) groups is 1. The van der Waals surface area contributed by atoms with E-state index in [2.05, 4.69) is 19.2 Å². The van der Waals surface area contributed by atoms with Gasteiger partial charge in [-0.2, -0.15) is 0 Å². The van der Waals surface area contributed by atoms with Gasteiger partial charge in [0.15, 0.2) is 5.78 Å². The van der Waals surface area contributed by atoms with Crippen LogP contribution in [0.25, 0.3) is 11.1 Å². The van der Waals surface area contributed by atoms with E-state index in [0.29, 0.717) is 53.3 Å². The molecule has 2 aromatic carbocycles. The minimum Gasteiger partial charge on any atom is -0.493 e. The molecule has 2 aliphatic rings. The predicted molar refractivity (Wildman–Crippen MR) is 122 cm³/mol. The Kier molecular flexibility index (Phi) is 6.37. The van der Waals surface area contributed by atoms with Gasteiger partial charge in [0, 0.05) is 28.8 Å². The second-order valence-electron chi connectivity index (χ2n) is 8.27. The van der Waals surface area contributed by atoms with Crippen LogP contribution in [0.5, 0.6) is 17.2 Å². The fourth-order valence-corrected chi connectivity index (χ4v) is 4.40. The maximum atomic E-state index is 13.4. The minimum atomic E-state index is -0.108. The molecule has 2 unspecified atom stereocenters. The monoisotopic (exact) mass is 424 g/mol. The Morgan fingerprint density at radius 3 is 2.48 bits per heavy atom. The summed E-state index contributed by atoms with van der Waals surface area (Å²) in [4.78, 5) is 13.4. The molecule has 1 heterocycles. The van der Waals surface area contributed by atoms with Crippen molar-refractivity contribution in [3.05, 3.63) is 35.4 Å². The zero-order chi connectivity index (χ0) is 22.0. The fraction of sp³-hybridized carbons (Fsp3) is 0.480. The number of carbonyl (C=O) groups excluding carboxylic acids is 1. The standard InChI is InChI=1S/C25H32N2O4/c1-4-12-29-19-14-20(30-13-5-2)24(26)23-22(19)21-16(25(23)28)8-6-10-18(21)31-15(3)17-9-7-11-27-17/h6,8,10,14-15,17,27H,4-5,7,9,11-13,26H2,1-3H3. The number of nitrogen functional groups attached to an aromatic ring is 1. The summed E-state index contributed by atoms with van der Waals surface area (Å²) in [6.45, 7) is 8.23. The number of benzene rings is 2. The number of ketones is 1. The van der Waals surface area contributed by atoms with Crippen LogP contribution < -0.4 is 25.3 Å². The Hall–Kier alpha value is -2.73. The molecule has 31 heavy (non-hydrogen) atoms. The van der Waals surface area contributed by atoms with Crippen molar-refractivity contribution in [2.75, 3.05) is 25.5 Å². The minimum absolute atomic E-state index is 0.0160. The second-order valence-corrected chi connectivity index (χ2v) is 8.27. The molecule has 1 aliphatic carbocycles. The van der Waals surface area contributed by atoms with Crippen LogP contribution in [-0.2, 0) is 0 Å². The summed E-state index contributed by atoms with van der Waals surface area (Å²) in [5.41, 5.74) is 9.35. The molecular weight excluding hydrogens is 392 g/mol. The number of ether oxygens (including phenoxy) is 3. The quantitative estimate of drug-likeness (QED) is 0.490. The highest BCUT2D eigenvalue weighted by atomic mass is 16.5. The largest absolute Gasteiger partial charge is 0.493 e. The average molecular weight is 425 g/mol. The van der Waals surface area contributed by atoms with E-state index in [4.69, 9.17) is 19.9 Å².